The summed E-state index contributed by atoms with van der Waals surface area (Å²) < 4.78 is 16.1. The number of morpholine rings is 1. The van der Waals surface area contributed by atoms with E-state index in [1.807, 2.05) is 18.2 Å². The van der Waals surface area contributed by atoms with E-state index in [0.717, 1.165) is 29.2 Å². The van der Waals surface area contributed by atoms with Crippen LogP contribution < -0.4 is 19.7 Å². The number of aromatic nitrogens is 1. The summed E-state index contributed by atoms with van der Waals surface area (Å²) in [5.41, 5.74) is 2.65. The maximum absolute atomic E-state index is 13.1. The summed E-state index contributed by atoms with van der Waals surface area (Å²) in [4.78, 5) is 20.1. The highest BCUT2D eigenvalue weighted by atomic mass is 32.1. The van der Waals surface area contributed by atoms with Gasteiger partial charge in [-0.15, -0.1) is 11.3 Å². The Kier molecular flexibility index (Phi) is 6.15. The minimum Gasteiger partial charge on any atom is -0.497 e. The highest BCUT2D eigenvalue weighted by molar-refractivity contribution is 7.18. The number of anilines is 2. The molecule has 2 aromatic heterocycles. The maximum atomic E-state index is 13.1. The van der Waals surface area contributed by atoms with Crippen molar-refractivity contribution in [2.45, 2.75) is 0 Å². The largest absolute Gasteiger partial charge is 0.497 e. The topological polar surface area (TPSA) is 72.9 Å². The van der Waals surface area contributed by atoms with Crippen LogP contribution in [-0.2, 0) is 4.74 Å². The molecule has 8 heteroatoms. The lowest BCUT2D eigenvalue weighted by atomic mass is 10.1. The predicted molar refractivity (Wildman–Crippen MR) is 118 cm³/mol. The number of rotatable bonds is 6. The Labute approximate surface area is 179 Å². The number of carbonyl (C=O) groups excluding carboxylic acids is 1. The van der Waals surface area contributed by atoms with E-state index in [-0.39, 0.29) is 5.91 Å². The lowest BCUT2D eigenvalue weighted by Gasteiger charge is -2.28. The predicted octanol–water partition coefficient (Wildman–Crippen LogP) is 3.92. The first-order valence-corrected chi connectivity index (χ1v) is 10.4. The lowest BCUT2D eigenvalue weighted by molar-refractivity contribution is 0.103. The van der Waals surface area contributed by atoms with E-state index < -0.39 is 0 Å². The van der Waals surface area contributed by atoms with Crippen LogP contribution in [0.25, 0.3) is 11.1 Å². The number of nitrogens with zero attached hydrogens (tertiary/aromatic N) is 2. The summed E-state index contributed by atoms with van der Waals surface area (Å²) >= 11 is 1.48. The number of amides is 1. The van der Waals surface area contributed by atoms with Crippen molar-refractivity contribution < 1.29 is 19.0 Å². The molecule has 1 fully saturated rings. The summed E-state index contributed by atoms with van der Waals surface area (Å²) in [6, 6.07) is 11.2. The van der Waals surface area contributed by atoms with Crippen LogP contribution in [0.3, 0.4) is 0 Å². The Morgan fingerprint density at radius 3 is 2.57 bits per heavy atom. The first-order chi connectivity index (χ1) is 14.7. The number of hydrogen-bond donors (Lipinski definition) is 1. The number of hydrogen-bond acceptors (Lipinski definition) is 7. The van der Waals surface area contributed by atoms with Gasteiger partial charge in [-0.3, -0.25) is 9.78 Å². The molecule has 0 aliphatic carbocycles. The monoisotopic (exact) mass is 425 g/mol. The number of thiophene rings is 1. The molecule has 30 heavy (non-hydrogen) atoms. The zero-order valence-corrected chi connectivity index (χ0v) is 17.7. The van der Waals surface area contributed by atoms with Crippen LogP contribution in [0.2, 0.25) is 0 Å². The van der Waals surface area contributed by atoms with Gasteiger partial charge in [-0.25, -0.2) is 0 Å². The van der Waals surface area contributed by atoms with Crippen molar-refractivity contribution in [2.75, 3.05) is 50.7 Å². The minimum atomic E-state index is -0.182. The molecule has 1 amide bonds. The van der Waals surface area contributed by atoms with Crippen molar-refractivity contribution in [1.29, 1.82) is 0 Å². The molecule has 0 radical (unpaired) electrons. The summed E-state index contributed by atoms with van der Waals surface area (Å²) in [6.07, 6.45) is 3.52. The molecular weight excluding hydrogens is 402 g/mol. The standard InChI is InChI=1S/C22H23N3O4S/c1-27-16-3-4-18(19(13-16)28-2)24-21(26)20-14-17(15-5-7-23-8-6-15)22(30-20)25-9-11-29-12-10-25/h3-8,13-14H,9-12H2,1-2H3,(H,24,26). The average Bonchev–Trinajstić information content (AvgIpc) is 3.26. The molecule has 156 valence electrons. The third-order valence-electron chi connectivity index (χ3n) is 4.88. The summed E-state index contributed by atoms with van der Waals surface area (Å²) in [6.45, 7) is 2.95. The SMILES string of the molecule is COc1ccc(NC(=O)c2cc(-c3ccncc3)c(N3CCOCC3)s2)c(OC)c1. The first kappa shape index (κ1) is 20.2. The fourth-order valence-corrected chi connectivity index (χ4v) is 4.45. The number of methoxy groups -OCH3 is 2. The number of carbonyl (C=O) groups is 1. The third kappa shape index (κ3) is 4.24. The van der Waals surface area contributed by atoms with Crippen molar-refractivity contribution in [3.05, 3.63) is 53.7 Å². The van der Waals surface area contributed by atoms with E-state index in [0.29, 0.717) is 35.3 Å². The van der Waals surface area contributed by atoms with Crippen molar-refractivity contribution >= 4 is 27.9 Å². The number of ether oxygens (including phenoxy) is 3. The van der Waals surface area contributed by atoms with Crippen LogP contribution >= 0.6 is 11.3 Å². The average molecular weight is 426 g/mol. The molecule has 7 nitrogen and oxygen atoms in total. The molecular formula is C22H23N3O4S. The summed E-state index contributed by atoms with van der Waals surface area (Å²) in [7, 11) is 3.15. The van der Waals surface area contributed by atoms with Crippen LogP contribution in [0.15, 0.2) is 48.8 Å². The molecule has 1 aromatic carbocycles. The fourth-order valence-electron chi connectivity index (χ4n) is 3.32. The van der Waals surface area contributed by atoms with E-state index in [9.17, 15) is 4.79 Å². The van der Waals surface area contributed by atoms with E-state index in [1.165, 1.54) is 11.3 Å². The Morgan fingerprint density at radius 1 is 1.10 bits per heavy atom. The Bertz CT molecular complexity index is 1020. The van der Waals surface area contributed by atoms with Gasteiger partial charge in [-0.2, -0.15) is 0 Å². The van der Waals surface area contributed by atoms with Gasteiger partial charge in [-0.05, 0) is 35.9 Å². The fraction of sp³-hybridized carbons (Fsp3) is 0.273. The van der Waals surface area contributed by atoms with Crippen molar-refractivity contribution in [3.8, 4) is 22.6 Å². The van der Waals surface area contributed by atoms with Crippen LogP contribution in [0.4, 0.5) is 10.7 Å². The van der Waals surface area contributed by atoms with Gasteiger partial charge in [0.1, 0.15) is 11.5 Å². The summed E-state index contributed by atoms with van der Waals surface area (Å²) in [5, 5.41) is 4.03. The van der Waals surface area contributed by atoms with Crippen LogP contribution in [0.1, 0.15) is 9.67 Å². The Balaban J connectivity index is 1.65. The second kappa shape index (κ2) is 9.15. The van der Waals surface area contributed by atoms with Gasteiger partial charge in [-0.1, -0.05) is 0 Å². The molecule has 3 heterocycles. The summed E-state index contributed by atoms with van der Waals surface area (Å²) in [5.74, 6) is 1.02. The van der Waals surface area contributed by atoms with Gasteiger partial charge in [0.2, 0.25) is 0 Å². The van der Waals surface area contributed by atoms with Crippen molar-refractivity contribution in [3.63, 3.8) is 0 Å². The van der Waals surface area contributed by atoms with Gasteiger partial charge < -0.3 is 24.4 Å². The van der Waals surface area contributed by atoms with Gasteiger partial charge in [0.05, 0.1) is 43.0 Å². The molecule has 1 N–H and O–H groups in total. The van der Waals surface area contributed by atoms with Gasteiger partial charge >= 0.3 is 0 Å². The third-order valence-corrected chi connectivity index (χ3v) is 6.08. The highest BCUT2D eigenvalue weighted by Crippen LogP contribution is 2.40. The minimum absolute atomic E-state index is 0.182. The van der Waals surface area contributed by atoms with Crippen molar-refractivity contribution in [2.24, 2.45) is 0 Å². The smallest absolute Gasteiger partial charge is 0.265 e. The quantitative estimate of drug-likeness (QED) is 0.645. The van der Waals surface area contributed by atoms with Gasteiger partial charge in [0.15, 0.2) is 0 Å². The molecule has 0 spiro atoms. The van der Waals surface area contributed by atoms with Crippen LogP contribution in [0.5, 0.6) is 11.5 Å². The molecule has 0 bridgehead atoms. The highest BCUT2D eigenvalue weighted by Gasteiger charge is 2.22. The lowest BCUT2D eigenvalue weighted by Crippen LogP contribution is -2.35. The van der Waals surface area contributed by atoms with Gasteiger partial charge in [0, 0.05) is 37.1 Å². The zero-order valence-electron chi connectivity index (χ0n) is 16.9. The normalized spacial score (nSPS) is 13.7. The second-order valence-electron chi connectivity index (χ2n) is 6.69. The van der Waals surface area contributed by atoms with Crippen LogP contribution in [-0.4, -0.2) is 51.4 Å². The molecule has 1 aliphatic heterocycles. The molecule has 4 rings (SSSR count). The molecule has 0 saturated carbocycles. The van der Waals surface area contributed by atoms with E-state index >= 15 is 0 Å². The number of pyridine rings is 1. The zero-order chi connectivity index (χ0) is 20.9. The molecule has 3 aromatic rings. The molecule has 1 aliphatic rings. The molecule has 1 saturated heterocycles. The molecule has 0 atom stereocenters. The number of nitrogens with one attached hydrogen (secondary N) is 1. The van der Waals surface area contributed by atoms with E-state index in [1.54, 1.807) is 44.8 Å². The maximum Gasteiger partial charge on any atom is 0.265 e. The van der Waals surface area contributed by atoms with Crippen LogP contribution in [0, 0.1) is 0 Å². The van der Waals surface area contributed by atoms with Gasteiger partial charge in [0.25, 0.3) is 5.91 Å². The first-order valence-electron chi connectivity index (χ1n) is 9.60. The van der Waals surface area contributed by atoms with E-state index in [4.69, 9.17) is 14.2 Å². The molecule has 0 unspecified atom stereocenters. The Hall–Kier alpha value is -3.10. The second-order valence-corrected chi connectivity index (χ2v) is 7.72. The van der Waals surface area contributed by atoms with Crippen molar-refractivity contribution in [1.82, 2.24) is 4.98 Å². The van der Waals surface area contributed by atoms with E-state index in [2.05, 4.69) is 15.2 Å². The Morgan fingerprint density at radius 2 is 1.87 bits per heavy atom. The number of benzene rings is 1.